The summed E-state index contributed by atoms with van der Waals surface area (Å²) in [7, 11) is 1.71. The molecule has 1 unspecified atom stereocenters. The van der Waals surface area contributed by atoms with E-state index in [1.54, 1.807) is 13.3 Å². The zero-order chi connectivity index (χ0) is 46.5. The van der Waals surface area contributed by atoms with E-state index in [0.29, 0.717) is 6.04 Å². The summed E-state index contributed by atoms with van der Waals surface area (Å²) < 4.78 is 135. The second-order valence-corrected chi connectivity index (χ2v) is 13.0. The Morgan fingerprint density at radius 1 is 0.721 bits per heavy atom. The van der Waals surface area contributed by atoms with Crippen LogP contribution in [0.25, 0.3) is 5.65 Å². The summed E-state index contributed by atoms with van der Waals surface area (Å²) in [6.45, 7) is 7.46. The van der Waals surface area contributed by atoms with Gasteiger partial charge in [0.25, 0.3) is 0 Å². The average molecular weight is 903 g/mol. The van der Waals surface area contributed by atoms with Gasteiger partial charge in [-0.05, 0) is 49.8 Å². The molecule has 61 heavy (non-hydrogen) atoms. The highest BCUT2D eigenvalue weighted by Crippen LogP contribution is 2.35. The van der Waals surface area contributed by atoms with Crippen LogP contribution < -0.4 is 9.64 Å². The van der Waals surface area contributed by atoms with Crippen molar-refractivity contribution in [3.63, 3.8) is 0 Å². The van der Waals surface area contributed by atoms with Crippen LogP contribution in [0.2, 0.25) is 0 Å². The summed E-state index contributed by atoms with van der Waals surface area (Å²) in [5.41, 5.74) is 3.41. The molecule has 3 aliphatic rings. The fourth-order valence-electron chi connectivity index (χ4n) is 5.50. The molecule has 0 bridgehead atoms. The Kier molecular flexibility index (Phi) is 18.4. The number of nitrogens with zero attached hydrogens (tertiary/aromatic N) is 6. The molecule has 1 atom stereocenters. The van der Waals surface area contributed by atoms with Gasteiger partial charge in [0.1, 0.15) is 11.5 Å². The minimum Gasteiger partial charge on any atom is -0.481 e. The van der Waals surface area contributed by atoms with Gasteiger partial charge in [-0.25, -0.2) is 29.1 Å². The molecule has 3 aromatic heterocycles. The van der Waals surface area contributed by atoms with Crippen LogP contribution in [0.15, 0.2) is 42.7 Å². The van der Waals surface area contributed by atoms with Gasteiger partial charge in [-0.1, -0.05) is 12.1 Å². The molecule has 1 aliphatic carbocycles. The summed E-state index contributed by atoms with van der Waals surface area (Å²) in [4.78, 5) is 52.9. The maximum Gasteiger partial charge on any atom is 0.490 e. The van der Waals surface area contributed by atoms with Crippen molar-refractivity contribution in [1.82, 2.24) is 24.2 Å². The summed E-state index contributed by atoms with van der Waals surface area (Å²) in [6, 6.07) is 11.0. The predicted molar refractivity (Wildman–Crippen MR) is 185 cm³/mol. The number of halogens is 12. The van der Waals surface area contributed by atoms with Crippen molar-refractivity contribution < 1.29 is 97.0 Å². The Morgan fingerprint density at radius 3 is 1.66 bits per heavy atom. The van der Waals surface area contributed by atoms with Gasteiger partial charge < -0.3 is 30.1 Å². The van der Waals surface area contributed by atoms with Gasteiger partial charge in [0, 0.05) is 63.8 Å². The van der Waals surface area contributed by atoms with Gasteiger partial charge in [-0.3, -0.25) is 14.2 Å². The maximum atomic E-state index is 10.6. The molecule has 0 amide bonds. The third-order valence-corrected chi connectivity index (χ3v) is 8.43. The fraction of sp³-hybridized carbons (Fsp3) is 0.529. The lowest BCUT2D eigenvalue weighted by molar-refractivity contribution is -0.193. The Morgan fingerprint density at radius 2 is 1.21 bits per heavy atom. The molecule has 0 aromatic carbocycles. The molecule has 0 radical (unpaired) electrons. The van der Waals surface area contributed by atoms with E-state index in [2.05, 4.69) is 54.5 Å². The van der Waals surface area contributed by atoms with Gasteiger partial charge in [-0.2, -0.15) is 52.7 Å². The molecule has 0 spiro atoms. The molecule has 15 nitrogen and oxygen atoms in total. The molecule has 27 heteroatoms. The Labute approximate surface area is 336 Å². The van der Waals surface area contributed by atoms with Crippen molar-refractivity contribution in [2.75, 3.05) is 51.3 Å². The van der Waals surface area contributed by atoms with E-state index in [1.807, 2.05) is 6.07 Å². The minimum absolute atomic E-state index is 0.313. The number of alkyl halides is 12. The molecule has 2 saturated heterocycles. The van der Waals surface area contributed by atoms with Crippen molar-refractivity contribution in [3.05, 3.63) is 54.0 Å². The van der Waals surface area contributed by atoms with E-state index < -0.39 is 48.6 Å². The summed E-state index contributed by atoms with van der Waals surface area (Å²) >= 11 is 0. The Balaban J connectivity index is 0.000000372. The standard InChI is InChI=1S/C26H34N6O.4C2HF3O2/c1-33-26-21(6-5-11-27-26)17-29-14-15-31(16-20-9-10-20)23(19-29)22-18-32-24(28-22)7-4-8-25(32)30-12-2-3-13-30;4*3-2(4,5)1(6)7/h4-8,11,18,20,23H,2-3,9-10,12-17,19H2,1H3;4*(H,6,7). The SMILES string of the molecule is COc1ncccc1CN1CCN(CC2CC2)C(c2cn3c(N4CCCC4)cccc3n2)C1.O=C(O)C(F)(F)F.O=C(O)C(F)(F)F.O=C(O)C(F)(F)F.O=C(O)C(F)(F)F. The molecule has 3 aromatic rings. The minimum atomic E-state index is -5.08. The van der Waals surface area contributed by atoms with Crippen LogP contribution >= 0.6 is 0 Å². The number of carbonyl (C=O) groups is 4. The first kappa shape index (κ1) is 51.5. The molecule has 6 rings (SSSR count). The van der Waals surface area contributed by atoms with E-state index in [1.165, 1.54) is 43.7 Å². The topological polar surface area (TPSA) is 198 Å². The van der Waals surface area contributed by atoms with Gasteiger partial charge in [0.15, 0.2) is 0 Å². The van der Waals surface area contributed by atoms with Crippen LogP contribution in [-0.2, 0) is 25.7 Å². The van der Waals surface area contributed by atoms with Crippen molar-refractivity contribution >= 4 is 35.3 Å². The van der Waals surface area contributed by atoms with E-state index in [9.17, 15) is 52.7 Å². The quantitative estimate of drug-likeness (QED) is 0.197. The Bertz CT molecular complexity index is 1820. The highest BCUT2D eigenvalue weighted by Gasteiger charge is 2.40. The van der Waals surface area contributed by atoms with Crippen LogP contribution in [0.1, 0.15) is 43.0 Å². The normalized spacial score (nSPS) is 17.3. The number of pyridine rings is 2. The van der Waals surface area contributed by atoms with Crippen LogP contribution in [0.4, 0.5) is 58.5 Å². The number of imidazole rings is 1. The third-order valence-electron chi connectivity index (χ3n) is 8.43. The first-order valence-electron chi connectivity index (χ1n) is 17.4. The average Bonchev–Trinajstić information content (AvgIpc) is 3.59. The Hall–Kier alpha value is -5.60. The number of rotatable bonds is 7. The number of fused-ring (bicyclic) bond motifs is 1. The zero-order valence-corrected chi connectivity index (χ0v) is 31.5. The van der Waals surface area contributed by atoms with Gasteiger partial charge in [-0.15, -0.1) is 0 Å². The highest BCUT2D eigenvalue weighted by molar-refractivity contribution is 5.74. The number of anilines is 1. The lowest BCUT2D eigenvalue weighted by Gasteiger charge is -2.41. The highest BCUT2D eigenvalue weighted by atomic mass is 19.4. The fourth-order valence-corrected chi connectivity index (χ4v) is 5.50. The van der Waals surface area contributed by atoms with Crippen molar-refractivity contribution in [3.8, 4) is 5.88 Å². The number of aromatic nitrogens is 3. The number of piperazine rings is 1. The van der Waals surface area contributed by atoms with Gasteiger partial charge in [0.2, 0.25) is 5.88 Å². The monoisotopic (exact) mass is 902 g/mol. The number of hydrogen-bond donors (Lipinski definition) is 4. The van der Waals surface area contributed by atoms with Crippen molar-refractivity contribution in [2.45, 2.75) is 63.0 Å². The van der Waals surface area contributed by atoms with E-state index in [-0.39, 0.29) is 0 Å². The largest absolute Gasteiger partial charge is 0.490 e. The molecule has 5 heterocycles. The number of hydrogen-bond acceptors (Lipinski definition) is 10. The molecular weight excluding hydrogens is 864 g/mol. The predicted octanol–water partition coefficient (Wildman–Crippen LogP) is 6.14. The number of ether oxygens (including phenoxy) is 1. The molecular formula is C34H38F12N6O9. The zero-order valence-electron chi connectivity index (χ0n) is 31.5. The number of aliphatic carboxylic acids is 4. The maximum absolute atomic E-state index is 10.6. The molecule has 4 N–H and O–H groups in total. The molecule has 3 fully saturated rings. The third kappa shape index (κ3) is 17.5. The number of methoxy groups -OCH3 is 1. The van der Waals surface area contributed by atoms with Crippen LogP contribution in [0.3, 0.4) is 0 Å². The van der Waals surface area contributed by atoms with E-state index in [4.69, 9.17) is 49.3 Å². The van der Waals surface area contributed by atoms with Crippen molar-refractivity contribution in [1.29, 1.82) is 0 Å². The second-order valence-electron chi connectivity index (χ2n) is 13.0. The number of carboxylic acid groups (broad SMARTS) is 4. The van der Waals surface area contributed by atoms with Crippen LogP contribution in [-0.4, -0.2) is 140 Å². The first-order chi connectivity index (χ1) is 28.1. The molecule has 342 valence electrons. The smallest absolute Gasteiger partial charge is 0.481 e. The summed E-state index contributed by atoms with van der Waals surface area (Å²) in [5.74, 6) is -8.14. The summed E-state index contributed by atoms with van der Waals surface area (Å²) in [6.07, 6.45) is -10.9. The van der Waals surface area contributed by atoms with Gasteiger partial charge in [0.05, 0.1) is 18.8 Å². The lowest BCUT2D eigenvalue weighted by atomic mass is 10.1. The van der Waals surface area contributed by atoms with Crippen LogP contribution in [0, 0.1) is 5.92 Å². The summed E-state index contributed by atoms with van der Waals surface area (Å²) in [5, 5.41) is 28.5. The molecule has 2 aliphatic heterocycles. The van der Waals surface area contributed by atoms with E-state index in [0.717, 1.165) is 62.3 Å². The first-order valence-corrected chi connectivity index (χ1v) is 17.4. The van der Waals surface area contributed by atoms with E-state index >= 15 is 0 Å². The van der Waals surface area contributed by atoms with Gasteiger partial charge >= 0.3 is 48.6 Å². The number of carboxylic acids is 4. The lowest BCUT2D eigenvalue weighted by Crippen LogP contribution is -2.48. The second kappa shape index (κ2) is 21.8. The van der Waals surface area contributed by atoms with Crippen LogP contribution in [0.5, 0.6) is 5.88 Å². The molecule has 1 saturated carbocycles. The van der Waals surface area contributed by atoms with Crippen molar-refractivity contribution in [2.24, 2.45) is 5.92 Å².